The van der Waals surface area contributed by atoms with Gasteiger partial charge in [-0.2, -0.15) is 0 Å². The molecule has 2 rings (SSSR count). The second-order valence-electron chi connectivity index (χ2n) is 5.87. The van der Waals surface area contributed by atoms with E-state index < -0.39 is 0 Å². The lowest BCUT2D eigenvalue weighted by atomic mass is 9.97. The van der Waals surface area contributed by atoms with Gasteiger partial charge in [0, 0.05) is 12.1 Å². The van der Waals surface area contributed by atoms with Gasteiger partial charge in [0.05, 0.1) is 5.69 Å². The van der Waals surface area contributed by atoms with Crippen LogP contribution in [0.5, 0.6) is 0 Å². The monoisotopic (exact) mass is 285 g/mol. The number of hydroxylamine groups is 1. The molecule has 0 fully saturated rings. The first kappa shape index (κ1) is 15.8. The third-order valence-electron chi connectivity index (χ3n) is 4.13. The molecule has 0 amide bonds. The molecule has 0 aromatic heterocycles. The van der Waals surface area contributed by atoms with Gasteiger partial charge in [-0.25, -0.2) is 5.06 Å². The molecule has 1 N–H and O–H groups in total. The number of para-hydroxylation sites is 1. The molecule has 2 nitrogen and oxygen atoms in total. The zero-order valence-electron chi connectivity index (χ0n) is 13.3. The highest BCUT2D eigenvalue weighted by molar-refractivity contribution is 5.60. The maximum absolute atomic E-state index is 10.4. The second-order valence-corrected chi connectivity index (χ2v) is 5.87. The number of hydrogen-bond donors (Lipinski definition) is 1. The van der Waals surface area contributed by atoms with Crippen molar-refractivity contribution < 1.29 is 5.21 Å². The minimum atomic E-state index is 0.810. The molecule has 114 valence electrons. The first-order valence-corrected chi connectivity index (χ1v) is 8.14. The van der Waals surface area contributed by atoms with Gasteiger partial charge < -0.3 is 0 Å². The van der Waals surface area contributed by atoms with E-state index >= 15 is 0 Å². The van der Waals surface area contributed by atoms with Gasteiger partial charge in [0.15, 0.2) is 0 Å². The Hall–Kier alpha value is -1.54. The van der Waals surface area contributed by atoms with E-state index in [9.17, 15) is 5.21 Å². The van der Waals surface area contributed by atoms with Gasteiger partial charge in [-0.05, 0) is 43.4 Å². The van der Waals surface area contributed by atoms with Crippen molar-refractivity contribution in [3.8, 4) is 0 Å². The summed E-state index contributed by atoms with van der Waals surface area (Å²) < 4.78 is 0. The minimum Gasteiger partial charge on any atom is -0.284 e. The summed E-state index contributed by atoms with van der Waals surface area (Å²) in [6.07, 6.45) is 12.6. The van der Waals surface area contributed by atoms with Crippen molar-refractivity contribution >= 4 is 5.69 Å². The van der Waals surface area contributed by atoms with Crippen LogP contribution in [-0.2, 0) is 6.42 Å². The highest BCUT2D eigenvalue weighted by atomic mass is 16.5. The van der Waals surface area contributed by atoms with Crippen molar-refractivity contribution in [3.05, 3.63) is 53.3 Å². The van der Waals surface area contributed by atoms with Crippen LogP contribution in [0, 0.1) is 0 Å². The van der Waals surface area contributed by atoms with Crippen LogP contribution in [-0.4, -0.2) is 5.21 Å². The summed E-state index contributed by atoms with van der Waals surface area (Å²) in [5.41, 5.74) is 4.41. The number of unbranched alkanes of at least 4 members (excludes halogenated alkanes) is 4. The van der Waals surface area contributed by atoms with Crippen LogP contribution < -0.4 is 5.06 Å². The Morgan fingerprint density at radius 2 is 1.95 bits per heavy atom. The van der Waals surface area contributed by atoms with Gasteiger partial charge >= 0.3 is 0 Å². The summed E-state index contributed by atoms with van der Waals surface area (Å²) in [6, 6.07) is 8.07. The van der Waals surface area contributed by atoms with Crippen molar-refractivity contribution in [3.63, 3.8) is 0 Å². The fourth-order valence-corrected chi connectivity index (χ4v) is 2.84. The maximum Gasteiger partial charge on any atom is 0.0724 e. The smallest absolute Gasteiger partial charge is 0.0724 e. The van der Waals surface area contributed by atoms with E-state index in [1.807, 2.05) is 18.2 Å². The average Bonchev–Trinajstić information content (AvgIpc) is 2.49. The van der Waals surface area contributed by atoms with Crippen LogP contribution in [0.25, 0.3) is 0 Å². The Morgan fingerprint density at radius 3 is 2.76 bits per heavy atom. The molecule has 0 saturated carbocycles. The van der Waals surface area contributed by atoms with Crippen molar-refractivity contribution in [1.82, 2.24) is 0 Å². The fourth-order valence-electron chi connectivity index (χ4n) is 2.84. The van der Waals surface area contributed by atoms with Crippen LogP contribution in [0.3, 0.4) is 0 Å². The summed E-state index contributed by atoms with van der Waals surface area (Å²) in [4.78, 5) is 0. The predicted molar refractivity (Wildman–Crippen MR) is 89.6 cm³/mol. The lowest BCUT2D eigenvalue weighted by molar-refractivity contribution is 0.276. The van der Waals surface area contributed by atoms with Gasteiger partial charge in [0.25, 0.3) is 0 Å². The molecule has 0 aliphatic carbocycles. The van der Waals surface area contributed by atoms with Crippen molar-refractivity contribution in [2.24, 2.45) is 0 Å². The first-order valence-electron chi connectivity index (χ1n) is 8.14. The van der Waals surface area contributed by atoms with Crippen LogP contribution in [0.2, 0.25) is 0 Å². The number of rotatable bonds is 7. The molecule has 0 spiro atoms. The Labute approximate surface area is 128 Å². The van der Waals surface area contributed by atoms with Crippen LogP contribution >= 0.6 is 0 Å². The van der Waals surface area contributed by atoms with Gasteiger partial charge in [-0.15, -0.1) is 0 Å². The van der Waals surface area contributed by atoms with Crippen molar-refractivity contribution in [2.75, 3.05) is 5.06 Å². The molecular formula is C19H27NO. The molecule has 0 saturated heterocycles. The number of benzene rings is 1. The van der Waals surface area contributed by atoms with Crippen molar-refractivity contribution in [1.29, 1.82) is 0 Å². The zero-order chi connectivity index (χ0) is 15.1. The third-order valence-corrected chi connectivity index (χ3v) is 4.13. The summed E-state index contributed by atoms with van der Waals surface area (Å²) in [7, 11) is 0. The molecule has 0 unspecified atom stereocenters. The van der Waals surface area contributed by atoms with E-state index in [-0.39, 0.29) is 0 Å². The fraction of sp³-hybridized carbons (Fsp3) is 0.474. The van der Waals surface area contributed by atoms with E-state index in [0.717, 1.165) is 30.6 Å². The number of fused-ring (bicyclic) bond motifs is 1. The standard InChI is InChI=1S/C19H27NO/c1-3-4-5-6-7-8-9-13-18-16(2)15-17-12-10-11-14-19(17)20(18)21/h8-12,14,21H,3-7,13,15H2,1-2H3/b9-8+. The summed E-state index contributed by atoms with van der Waals surface area (Å²) in [5.74, 6) is 0. The molecule has 21 heavy (non-hydrogen) atoms. The van der Waals surface area contributed by atoms with E-state index in [0.29, 0.717) is 0 Å². The number of allylic oxidation sites excluding steroid dienone is 3. The van der Waals surface area contributed by atoms with Gasteiger partial charge in [0.1, 0.15) is 0 Å². The maximum atomic E-state index is 10.4. The molecule has 0 atom stereocenters. The summed E-state index contributed by atoms with van der Waals surface area (Å²) in [6.45, 7) is 4.35. The quantitative estimate of drug-likeness (QED) is 0.518. The molecule has 0 radical (unpaired) electrons. The third kappa shape index (κ3) is 4.21. The number of anilines is 1. The largest absolute Gasteiger partial charge is 0.284 e. The van der Waals surface area contributed by atoms with Gasteiger partial charge in [-0.1, -0.05) is 56.5 Å². The highest BCUT2D eigenvalue weighted by Gasteiger charge is 2.20. The van der Waals surface area contributed by atoms with E-state index in [1.54, 1.807) is 0 Å². The normalized spacial score (nSPS) is 14.9. The summed E-state index contributed by atoms with van der Waals surface area (Å²) >= 11 is 0. The Balaban J connectivity index is 1.90. The van der Waals surface area contributed by atoms with Crippen LogP contribution in [0.1, 0.15) is 57.9 Å². The molecular weight excluding hydrogens is 258 g/mol. The van der Waals surface area contributed by atoms with Gasteiger partial charge in [-0.3, -0.25) is 5.21 Å². The molecule has 1 aliphatic heterocycles. The number of hydrogen-bond acceptors (Lipinski definition) is 2. The Bertz CT molecular complexity index is 516. The molecule has 1 heterocycles. The predicted octanol–water partition coefficient (Wildman–Crippen LogP) is 5.63. The SMILES string of the molecule is CCCCCC/C=C/CC1=C(C)Cc2ccccc2N1O. The first-order chi connectivity index (χ1) is 10.2. The van der Waals surface area contributed by atoms with Crippen molar-refractivity contribution in [2.45, 2.75) is 58.8 Å². The topological polar surface area (TPSA) is 23.5 Å². The Kier molecular flexibility index (Phi) is 6.06. The second kappa shape index (κ2) is 8.04. The van der Waals surface area contributed by atoms with E-state index in [2.05, 4.69) is 32.1 Å². The van der Waals surface area contributed by atoms with Crippen LogP contribution in [0.4, 0.5) is 5.69 Å². The van der Waals surface area contributed by atoms with E-state index in [4.69, 9.17) is 0 Å². The number of nitrogens with zero attached hydrogens (tertiary/aromatic N) is 1. The lowest BCUT2D eigenvalue weighted by Gasteiger charge is -2.29. The van der Waals surface area contributed by atoms with Crippen LogP contribution in [0.15, 0.2) is 47.7 Å². The molecule has 1 aromatic carbocycles. The Morgan fingerprint density at radius 1 is 1.14 bits per heavy atom. The highest BCUT2D eigenvalue weighted by Crippen LogP contribution is 2.33. The molecule has 2 heteroatoms. The summed E-state index contributed by atoms with van der Waals surface area (Å²) in [5, 5.41) is 11.8. The van der Waals surface area contributed by atoms with E-state index in [1.165, 1.54) is 41.9 Å². The molecule has 0 bridgehead atoms. The molecule has 1 aromatic rings. The minimum absolute atomic E-state index is 0.810. The molecule has 1 aliphatic rings. The zero-order valence-corrected chi connectivity index (χ0v) is 13.3. The van der Waals surface area contributed by atoms with Gasteiger partial charge in [0.2, 0.25) is 0 Å². The average molecular weight is 285 g/mol. The lowest BCUT2D eigenvalue weighted by Crippen LogP contribution is -2.24.